The summed E-state index contributed by atoms with van der Waals surface area (Å²) < 4.78 is 5.41. The third-order valence-electron chi connectivity index (χ3n) is 1.72. The van der Waals surface area contributed by atoms with Crippen molar-refractivity contribution in [1.29, 1.82) is 0 Å². The summed E-state index contributed by atoms with van der Waals surface area (Å²) in [6.45, 7) is 11.1. The van der Waals surface area contributed by atoms with Gasteiger partial charge in [0.25, 0.3) is 0 Å². The minimum absolute atomic E-state index is 0.130. The Hall–Kier alpha value is -0.0800. The molecule has 0 amide bonds. The molecule has 0 aliphatic rings. The van der Waals surface area contributed by atoms with Crippen LogP contribution >= 0.6 is 0 Å². The van der Waals surface area contributed by atoms with Crippen LogP contribution in [0.4, 0.5) is 0 Å². The topological polar surface area (TPSA) is 35.2 Å². The first-order valence-electron chi connectivity index (χ1n) is 4.21. The van der Waals surface area contributed by atoms with E-state index in [-0.39, 0.29) is 17.6 Å². The molecule has 0 bridgehead atoms. The van der Waals surface area contributed by atoms with Gasteiger partial charge in [-0.15, -0.1) is 0 Å². The van der Waals surface area contributed by atoms with Gasteiger partial charge in [0.2, 0.25) is 0 Å². The first-order chi connectivity index (χ1) is 4.84. The molecule has 0 aliphatic carbocycles. The second kappa shape index (κ2) is 4.07. The predicted molar refractivity (Wildman–Crippen MR) is 48.5 cm³/mol. The summed E-state index contributed by atoms with van der Waals surface area (Å²) >= 11 is 0. The van der Waals surface area contributed by atoms with Gasteiger partial charge in [0, 0.05) is 6.04 Å². The highest BCUT2D eigenvalue weighted by molar-refractivity contribution is 4.76. The van der Waals surface area contributed by atoms with Gasteiger partial charge in [0.1, 0.15) is 0 Å². The maximum atomic E-state index is 5.87. The molecule has 0 aromatic carbocycles. The fraction of sp³-hybridized carbons (Fsp3) is 1.00. The summed E-state index contributed by atoms with van der Waals surface area (Å²) in [7, 11) is 0. The Labute approximate surface area is 70.1 Å². The minimum atomic E-state index is 0.130. The van der Waals surface area contributed by atoms with Gasteiger partial charge in [-0.05, 0) is 19.3 Å². The second-order valence-electron chi connectivity index (χ2n) is 4.35. The molecule has 68 valence electrons. The molecule has 0 spiro atoms. The standard InChI is InChI=1S/C9H21NO/c1-7(2)11-6-8(10)9(3,4)5/h7-8H,6,10H2,1-5H3. The first kappa shape index (κ1) is 10.9. The first-order valence-corrected chi connectivity index (χ1v) is 4.21. The summed E-state index contributed by atoms with van der Waals surface area (Å²) in [5.41, 5.74) is 6.02. The zero-order chi connectivity index (χ0) is 9.07. The Morgan fingerprint density at radius 3 is 2.00 bits per heavy atom. The predicted octanol–water partition coefficient (Wildman–Crippen LogP) is 1.78. The maximum Gasteiger partial charge on any atom is 0.0626 e. The summed E-state index contributed by atoms with van der Waals surface area (Å²) in [4.78, 5) is 0. The third-order valence-corrected chi connectivity index (χ3v) is 1.72. The Bertz CT molecular complexity index is 105. The van der Waals surface area contributed by atoms with Gasteiger partial charge >= 0.3 is 0 Å². The van der Waals surface area contributed by atoms with Crippen LogP contribution in [-0.2, 0) is 4.74 Å². The van der Waals surface area contributed by atoms with Crippen LogP contribution in [0, 0.1) is 5.41 Å². The van der Waals surface area contributed by atoms with Crippen molar-refractivity contribution in [2.24, 2.45) is 11.1 Å². The Morgan fingerprint density at radius 2 is 1.73 bits per heavy atom. The van der Waals surface area contributed by atoms with Crippen molar-refractivity contribution in [3.05, 3.63) is 0 Å². The van der Waals surface area contributed by atoms with E-state index in [1.54, 1.807) is 0 Å². The van der Waals surface area contributed by atoms with Crippen LogP contribution in [0.1, 0.15) is 34.6 Å². The van der Waals surface area contributed by atoms with Crippen LogP contribution in [-0.4, -0.2) is 18.8 Å². The van der Waals surface area contributed by atoms with E-state index in [9.17, 15) is 0 Å². The molecule has 0 saturated carbocycles. The molecule has 1 atom stereocenters. The van der Waals surface area contributed by atoms with Crippen LogP contribution in [0.25, 0.3) is 0 Å². The number of hydrogen-bond acceptors (Lipinski definition) is 2. The molecule has 0 aliphatic heterocycles. The lowest BCUT2D eigenvalue weighted by Gasteiger charge is -2.27. The molecule has 0 radical (unpaired) electrons. The summed E-state index contributed by atoms with van der Waals surface area (Å²) in [6, 6.07) is 0.130. The SMILES string of the molecule is CC(C)OCC(N)C(C)(C)C. The van der Waals surface area contributed by atoms with Crippen molar-refractivity contribution < 1.29 is 4.74 Å². The van der Waals surface area contributed by atoms with Crippen molar-refractivity contribution in [3.8, 4) is 0 Å². The lowest BCUT2D eigenvalue weighted by atomic mass is 9.88. The molecule has 0 rings (SSSR count). The number of rotatable bonds is 3. The maximum absolute atomic E-state index is 5.87. The van der Waals surface area contributed by atoms with E-state index in [0.29, 0.717) is 6.61 Å². The van der Waals surface area contributed by atoms with Crippen molar-refractivity contribution >= 4 is 0 Å². The third kappa shape index (κ3) is 5.22. The molecule has 2 heteroatoms. The van der Waals surface area contributed by atoms with Crippen molar-refractivity contribution in [2.75, 3.05) is 6.61 Å². The largest absolute Gasteiger partial charge is 0.377 e. The summed E-state index contributed by atoms with van der Waals surface area (Å²) in [5.74, 6) is 0. The molecular weight excluding hydrogens is 138 g/mol. The molecule has 0 aromatic heterocycles. The summed E-state index contributed by atoms with van der Waals surface area (Å²) in [5, 5.41) is 0. The number of hydrogen-bond donors (Lipinski definition) is 1. The fourth-order valence-electron chi connectivity index (χ4n) is 0.546. The average molecular weight is 159 g/mol. The van der Waals surface area contributed by atoms with E-state index < -0.39 is 0 Å². The molecule has 0 saturated heterocycles. The zero-order valence-electron chi connectivity index (χ0n) is 8.35. The van der Waals surface area contributed by atoms with Crippen molar-refractivity contribution in [2.45, 2.75) is 46.8 Å². The number of nitrogens with two attached hydrogens (primary N) is 1. The molecule has 2 N–H and O–H groups in total. The van der Waals surface area contributed by atoms with Crippen molar-refractivity contribution in [1.82, 2.24) is 0 Å². The molecule has 0 aromatic rings. The quantitative estimate of drug-likeness (QED) is 0.681. The van der Waals surface area contributed by atoms with Gasteiger partial charge in [-0.3, -0.25) is 0 Å². The van der Waals surface area contributed by atoms with Gasteiger partial charge in [-0.2, -0.15) is 0 Å². The van der Waals surface area contributed by atoms with Crippen LogP contribution < -0.4 is 5.73 Å². The molecule has 0 fully saturated rings. The van der Waals surface area contributed by atoms with E-state index >= 15 is 0 Å². The van der Waals surface area contributed by atoms with Crippen LogP contribution in [0.2, 0.25) is 0 Å². The summed E-state index contributed by atoms with van der Waals surface area (Å²) in [6.07, 6.45) is 0.281. The highest BCUT2D eigenvalue weighted by Gasteiger charge is 2.20. The van der Waals surface area contributed by atoms with Gasteiger partial charge in [0.05, 0.1) is 12.7 Å². The minimum Gasteiger partial charge on any atom is -0.377 e. The van der Waals surface area contributed by atoms with E-state index in [1.807, 2.05) is 13.8 Å². The Balaban J connectivity index is 3.61. The highest BCUT2D eigenvalue weighted by atomic mass is 16.5. The lowest BCUT2D eigenvalue weighted by Crippen LogP contribution is -2.39. The normalized spacial score (nSPS) is 15.5. The number of ether oxygens (including phenoxy) is 1. The molecule has 1 unspecified atom stereocenters. The molecule has 2 nitrogen and oxygen atoms in total. The zero-order valence-corrected chi connectivity index (χ0v) is 8.35. The van der Waals surface area contributed by atoms with Gasteiger partial charge < -0.3 is 10.5 Å². The Morgan fingerprint density at radius 1 is 1.27 bits per heavy atom. The molecule has 11 heavy (non-hydrogen) atoms. The molecular formula is C9H21NO. The highest BCUT2D eigenvalue weighted by Crippen LogP contribution is 2.17. The van der Waals surface area contributed by atoms with Crippen molar-refractivity contribution in [3.63, 3.8) is 0 Å². The second-order valence-corrected chi connectivity index (χ2v) is 4.35. The van der Waals surface area contributed by atoms with E-state index in [2.05, 4.69) is 20.8 Å². The van der Waals surface area contributed by atoms with Crippen LogP contribution in [0.15, 0.2) is 0 Å². The monoisotopic (exact) mass is 159 g/mol. The van der Waals surface area contributed by atoms with Gasteiger partial charge in [-0.25, -0.2) is 0 Å². The van der Waals surface area contributed by atoms with Crippen LogP contribution in [0.3, 0.4) is 0 Å². The van der Waals surface area contributed by atoms with E-state index in [0.717, 1.165) is 0 Å². The van der Waals surface area contributed by atoms with Crippen LogP contribution in [0.5, 0.6) is 0 Å². The lowest BCUT2D eigenvalue weighted by molar-refractivity contribution is 0.0468. The van der Waals surface area contributed by atoms with Gasteiger partial charge in [-0.1, -0.05) is 20.8 Å². The smallest absolute Gasteiger partial charge is 0.0626 e. The van der Waals surface area contributed by atoms with E-state index in [1.165, 1.54) is 0 Å². The fourth-order valence-corrected chi connectivity index (χ4v) is 0.546. The van der Waals surface area contributed by atoms with E-state index in [4.69, 9.17) is 10.5 Å². The van der Waals surface area contributed by atoms with Gasteiger partial charge in [0.15, 0.2) is 0 Å². The Kier molecular flexibility index (Phi) is 4.04. The average Bonchev–Trinajstić information content (AvgIpc) is 1.80. The molecule has 0 heterocycles.